The highest BCUT2D eigenvalue weighted by atomic mass is 19.4. The fraction of sp³-hybridized carbons (Fsp3) is 0.174. The zero-order chi connectivity index (χ0) is 23.0. The predicted molar refractivity (Wildman–Crippen MR) is 115 cm³/mol. The third kappa shape index (κ3) is 4.01. The van der Waals surface area contributed by atoms with Crippen LogP contribution in [0.4, 0.5) is 18.9 Å². The van der Waals surface area contributed by atoms with Gasteiger partial charge in [0.15, 0.2) is 0 Å². The lowest BCUT2D eigenvalue weighted by molar-refractivity contribution is -0.136. The van der Waals surface area contributed by atoms with Gasteiger partial charge < -0.3 is 5.32 Å². The molecule has 32 heavy (non-hydrogen) atoms. The molecule has 0 bridgehead atoms. The maximum absolute atomic E-state index is 13.9. The predicted octanol–water partition coefficient (Wildman–Crippen LogP) is 4.37. The Labute approximate surface area is 180 Å². The van der Waals surface area contributed by atoms with Gasteiger partial charge in [0.25, 0.3) is 5.56 Å². The number of carbonyl (C=O) groups excluding carboxylic acids is 1. The fourth-order valence-electron chi connectivity index (χ4n) is 3.61. The first-order valence-corrected chi connectivity index (χ1v) is 9.75. The van der Waals surface area contributed by atoms with Crippen LogP contribution >= 0.6 is 0 Å². The van der Waals surface area contributed by atoms with E-state index in [4.69, 9.17) is 0 Å². The molecule has 1 amide bonds. The summed E-state index contributed by atoms with van der Waals surface area (Å²) in [6, 6.07) is 16.0. The summed E-state index contributed by atoms with van der Waals surface area (Å²) in [5.41, 5.74) is -0.0197. The Morgan fingerprint density at radius 1 is 1.06 bits per heavy atom. The van der Waals surface area contributed by atoms with Crippen molar-refractivity contribution in [2.75, 3.05) is 5.32 Å². The van der Waals surface area contributed by atoms with E-state index in [1.807, 2.05) is 19.1 Å². The molecule has 0 unspecified atom stereocenters. The molecule has 2 aromatic carbocycles. The van der Waals surface area contributed by atoms with Gasteiger partial charge in [-0.15, -0.1) is 0 Å². The molecule has 0 atom stereocenters. The van der Waals surface area contributed by atoms with Crippen molar-refractivity contribution in [3.63, 3.8) is 0 Å². The van der Waals surface area contributed by atoms with E-state index in [1.165, 1.54) is 11.7 Å². The molecule has 164 valence electrons. The van der Waals surface area contributed by atoms with Gasteiger partial charge in [-0.2, -0.15) is 18.3 Å². The number of benzene rings is 2. The Bertz CT molecular complexity index is 1350. The molecule has 1 N–H and O–H groups in total. The number of nitrogens with zero attached hydrogens (tertiary/aromatic N) is 3. The summed E-state index contributed by atoms with van der Waals surface area (Å²) in [5, 5.41) is 6.70. The van der Waals surface area contributed by atoms with Gasteiger partial charge in [0.2, 0.25) is 5.91 Å². The van der Waals surface area contributed by atoms with Crippen LogP contribution in [0.5, 0.6) is 0 Å². The van der Waals surface area contributed by atoms with Crippen LogP contribution in [0, 0.1) is 6.92 Å². The van der Waals surface area contributed by atoms with Crippen LogP contribution in [-0.4, -0.2) is 20.3 Å². The molecule has 4 rings (SSSR count). The van der Waals surface area contributed by atoms with Crippen molar-refractivity contribution in [1.82, 2.24) is 14.3 Å². The number of anilines is 1. The number of amides is 1. The van der Waals surface area contributed by atoms with Crippen molar-refractivity contribution in [2.45, 2.75) is 19.6 Å². The minimum absolute atomic E-state index is 0.0808. The van der Waals surface area contributed by atoms with E-state index in [0.29, 0.717) is 17.3 Å². The van der Waals surface area contributed by atoms with Crippen LogP contribution in [0.3, 0.4) is 0 Å². The molecule has 0 aliphatic heterocycles. The summed E-state index contributed by atoms with van der Waals surface area (Å²) in [4.78, 5) is 25.3. The SMILES string of the molecule is Cc1ccc(NC(=O)Cn2c(=O)cc(C(F)(F)F)c3c(-c4ccccc4)nn(C)c32)cc1. The van der Waals surface area contributed by atoms with E-state index in [1.54, 1.807) is 42.5 Å². The van der Waals surface area contributed by atoms with Crippen molar-refractivity contribution in [1.29, 1.82) is 0 Å². The minimum Gasteiger partial charge on any atom is -0.325 e. The second kappa shape index (κ2) is 7.99. The Hall–Kier alpha value is -3.88. The molecule has 9 heteroatoms. The smallest absolute Gasteiger partial charge is 0.325 e. The second-order valence-electron chi connectivity index (χ2n) is 7.43. The van der Waals surface area contributed by atoms with E-state index in [9.17, 15) is 22.8 Å². The molecule has 0 saturated heterocycles. The molecule has 0 fully saturated rings. The van der Waals surface area contributed by atoms with E-state index in [2.05, 4.69) is 10.4 Å². The topological polar surface area (TPSA) is 68.9 Å². The first-order valence-electron chi connectivity index (χ1n) is 9.75. The molecule has 2 aromatic heterocycles. The van der Waals surface area contributed by atoms with Gasteiger partial charge in [0, 0.05) is 24.4 Å². The van der Waals surface area contributed by atoms with E-state index in [-0.39, 0.29) is 16.7 Å². The highest BCUT2D eigenvalue weighted by Crippen LogP contribution is 2.38. The van der Waals surface area contributed by atoms with E-state index in [0.717, 1.165) is 10.1 Å². The van der Waals surface area contributed by atoms with Crippen LogP contribution < -0.4 is 10.9 Å². The zero-order valence-corrected chi connectivity index (χ0v) is 17.3. The Morgan fingerprint density at radius 2 is 1.72 bits per heavy atom. The Kier molecular flexibility index (Phi) is 5.33. The van der Waals surface area contributed by atoms with Gasteiger partial charge in [0.05, 0.1) is 10.9 Å². The van der Waals surface area contributed by atoms with Crippen LogP contribution in [0.1, 0.15) is 11.1 Å². The fourth-order valence-corrected chi connectivity index (χ4v) is 3.61. The summed E-state index contributed by atoms with van der Waals surface area (Å²) in [5.74, 6) is -0.542. The zero-order valence-electron chi connectivity index (χ0n) is 17.3. The van der Waals surface area contributed by atoms with Crippen molar-refractivity contribution in [3.8, 4) is 11.3 Å². The summed E-state index contributed by atoms with van der Waals surface area (Å²) in [6.45, 7) is 1.44. The van der Waals surface area contributed by atoms with Crippen LogP contribution in [0.25, 0.3) is 22.3 Å². The molecule has 0 aliphatic carbocycles. The first kappa shape index (κ1) is 21.4. The molecule has 2 heterocycles. The quantitative estimate of drug-likeness (QED) is 0.513. The second-order valence-corrected chi connectivity index (χ2v) is 7.43. The number of halogens is 3. The summed E-state index contributed by atoms with van der Waals surface area (Å²) in [6.07, 6.45) is -4.77. The molecule has 0 spiro atoms. The lowest BCUT2D eigenvalue weighted by Gasteiger charge is -2.14. The van der Waals surface area contributed by atoms with Crippen molar-refractivity contribution in [3.05, 3.63) is 82.1 Å². The Morgan fingerprint density at radius 3 is 2.34 bits per heavy atom. The molecule has 6 nitrogen and oxygen atoms in total. The molecule has 0 saturated carbocycles. The number of hydrogen-bond donors (Lipinski definition) is 1. The summed E-state index contributed by atoms with van der Waals surface area (Å²) in [7, 11) is 1.45. The third-order valence-corrected chi connectivity index (χ3v) is 5.07. The van der Waals surface area contributed by atoms with Gasteiger partial charge in [0.1, 0.15) is 17.9 Å². The molecule has 0 radical (unpaired) electrons. The normalized spacial score (nSPS) is 11.7. The summed E-state index contributed by atoms with van der Waals surface area (Å²) < 4.78 is 43.8. The number of pyridine rings is 1. The molecule has 4 aromatic rings. The standard InChI is InChI=1S/C23H19F3N4O2/c1-14-8-10-16(11-9-14)27-18(31)13-30-19(32)12-17(23(24,25)26)20-21(28-29(2)22(20)30)15-6-4-3-5-7-15/h3-12H,13H2,1-2H3,(H,27,31). The number of fused-ring (bicyclic) bond motifs is 1. The van der Waals surface area contributed by atoms with Crippen molar-refractivity contribution >= 4 is 22.6 Å². The lowest BCUT2D eigenvalue weighted by Crippen LogP contribution is -2.30. The molecular formula is C23H19F3N4O2. The number of aryl methyl sites for hydroxylation is 2. The maximum Gasteiger partial charge on any atom is 0.417 e. The largest absolute Gasteiger partial charge is 0.417 e. The average Bonchev–Trinajstić information content (AvgIpc) is 3.08. The van der Waals surface area contributed by atoms with Gasteiger partial charge in [-0.1, -0.05) is 48.0 Å². The Balaban J connectivity index is 1.86. The number of nitrogens with one attached hydrogen (secondary N) is 1. The minimum atomic E-state index is -4.77. The highest BCUT2D eigenvalue weighted by molar-refractivity contribution is 5.96. The maximum atomic E-state index is 13.9. The van der Waals surface area contributed by atoms with Gasteiger partial charge in [-0.3, -0.25) is 18.8 Å². The lowest BCUT2D eigenvalue weighted by atomic mass is 10.0. The monoisotopic (exact) mass is 440 g/mol. The van der Waals surface area contributed by atoms with Crippen LogP contribution in [-0.2, 0) is 24.6 Å². The van der Waals surface area contributed by atoms with Crippen LogP contribution in [0.2, 0.25) is 0 Å². The summed E-state index contributed by atoms with van der Waals surface area (Å²) >= 11 is 0. The number of rotatable bonds is 4. The average molecular weight is 440 g/mol. The number of hydrogen-bond acceptors (Lipinski definition) is 3. The van der Waals surface area contributed by atoms with Crippen molar-refractivity contribution in [2.24, 2.45) is 7.05 Å². The van der Waals surface area contributed by atoms with Crippen molar-refractivity contribution < 1.29 is 18.0 Å². The van der Waals surface area contributed by atoms with E-state index < -0.39 is 29.8 Å². The molecular weight excluding hydrogens is 421 g/mol. The van der Waals surface area contributed by atoms with Gasteiger partial charge in [-0.05, 0) is 19.1 Å². The number of aromatic nitrogens is 3. The number of carbonyl (C=O) groups is 1. The molecule has 0 aliphatic rings. The van der Waals surface area contributed by atoms with E-state index >= 15 is 0 Å². The first-order chi connectivity index (χ1) is 15.1. The van der Waals surface area contributed by atoms with Crippen LogP contribution in [0.15, 0.2) is 65.5 Å². The highest BCUT2D eigenvalue weighted by Gasteiger charge is 2.37. The third-order valence-electron chi connectivity index (χ3n) is 5.07. The number of alkyl halides is 3. The van der Waals surface area contributed by atoms with Gasteiger partial charge in [-0.25, -0.2) is 0 Å². The van der Waals surface area contributed by atoms with Gasteiger partial charge >= 0.3 is 6.18 Å².